The molecule has 1 aliphatic heterocycles. The lowest BCUT2D eigenvalue weighted by molar-refractivity contribution is 0.201. The van der Waals surface area contributed by atoms with Gasteiger partial charge in [-0.1, -0.05) is 39.0 Å². The molecule has 2 aromatic rings. The summed E-state index contributed by atoms with van der Waals surface area (Å²) in [5, 5.41) is 0. The number of ether oxygens (including phenoxy) is 1. The Kier molecular flexibility index (Phi) is 3.35. The minimum absolute atomic E-state index is 0.0523. The maximum Gasteiger partial charge on any atom is 0.123 e. The third-order valence-electron chi connectivity index (χ3n) is 3.77. The average molecular weight is 287 g/mol. The maximum atomic E-state index is 6.42. The van der Waals surface area contributed by atoms with E-state index in [0.29, 0.717) is 0 Å². The Hall–Kier alpha value is -1.32. The lowest BCUT2D eigenvalue weighted by atomic mass is 9.95. The second kappa shape index (κ2) is 4.90. The monoisotopic (exact) mass is 287 g/mol. The molecule has 0 saturated heterocycles. The van der Waals surface area contributed by atoms with Gasteiger partial charge in [0.25, 0.3) is 0 Å². The summed E-state index contributed by atoms with van der Waals surface area (Å²) >= 11 is 1.81. The number of rotatable bonds is 2. The molecule has 1 aromatic carbocycles. The van der Waals surface area contributed by atoms with Crippen LogP contribution in [0, 0.1) is 0 Å². The van der Waals surface area contributed by atoms with Crippen molar-refractivity contribution in [3.05, 3.63) is 51.7 Å². The fourth-order valence-corrected chi connectivity index (χ4v) is 3.65. The molecular weight excluding hydrogens is 266 g/mol. The largest absolute Gasteiger partial charge is 0.488 e. The minimum atomic E-state index is -0.0523. The van der Waals surface area contributed by atoms with Gasteiger partial charge in [0.05, 0.1) is 6.04 Å². The molecule has 1 aromatic heterocycles. The van der Waals surface area contributed by atoms with Crippen molar-refractivity contribution in [2.75, 3.05) is 0 Å². The highest BCUT2D eigenvalue weighted by molar-refractivity contribution is 7.12. The highest BCUT2D eigenvalue weighted by Gasteiger charge is 2.30. The Balaban J connectivity index is 1.78. The van der Waals surface area contributed by atoms with Gasteiger partial charge >= 0.3 is 0 Å². The van der Waals surface area contributed by atoms with E-state index in [9.17, 15) is 0 Å². The molecule has 0 saturated carbocycles. The van der Waals surface area contributed by atoms with Gasteiger partial charge in [0, 0.05) is 16.2 Å². The zero-order valence-electron chi connectivity index (χ0n) is 12.2. The molecule has 3 heteroatoms. The summed E-state index contributed by atoms with van der Waals surface area (Å²) in [5.41, 5.74) is 7.87. The number of benzene rings is 1. The van der Waals surface area contributed by atoms with Crippen LogP contribution in [0.1, 0.15) is 42.1 Å². The molecule has 0 amide bonds. The molecule has 2 nitrogen and oxygen atoms in total. The number of fused-ring (bicyclic) bond motifs is 1. The zero-order chi connectivity index (χ0) is 14.3. The Morgan fingerprint density at radius 3 is 2.60 bits per heavy atom. The van der Waals surface area contributed by atoms with Gasteiger partial charge in [-0.25, -0.2) is 0 Å². The molecule has 1 aliphatic rings. The van der Waals surface area contributed by atoms with Crippen LogP contribution < -0.4 is 10.5 Å². The van der Waals surface area contributed by atoms with E-state index in [-0.39, 0.29) is 17.6 Å². The molecule has 2 heterocycles. The highest BCUT2D eigenvalue weighted by Crippen LogP contribution is 2.37. The van der Waals surface area contributed by atoms with Gasteiger partial charge in [0.2, 0.25) is 0 Å². The van der Waals surface area contributed by atoms with Gasteiger partial charge in [-0.2, -0.15) is 0 Å². The van der Waals surface area contributed by atoms with Gasteiger partial charge in [-0.15, -0.1) is 11.3 Å². The molecule has 20 heavy (non-hydrogen) atoms. The van der Waals surface area contributed by atoms with E-state index in [0.717, 1.165) is 12.2 Å². The SMILES string of the molecule is CC(C)(C)c1ccc(C(N)C2Cc3ccccc3O2)s1. The standard InChI is InChI=1S/C17H21NOS/c1-17(2,3)15-9-8-14(20-15)16(18)13-10-11-6-4-5-7-12(11)19-13/h4-9,13,16H,10,18H2,1-3H3. The molecule has 2 atom stereocenters. The van der Waals surface area contributed by atoms with Gasteiger partial charge in [-0.05, 0) is 29.2 Å². The smallest absolute Gasteiger partial charge is 0.123 e. The van der Waals surface area contributed by atoms with Crippen LogP contribution >= 0.6 is 11.3 Å². The Morgan fingerprint density at radius 1 is 1.20 bits per heavy atom. The Bertz CT molecular complexity index is 586. The normalized spacial score (nSPS) is 19.5. The summed E-state index contributed by atoms with van der Waals surface area (Å²) in [4.78, 5) is 2.59. The summed E-state index contributed by atoms with van der Waals surface area (Å²) in [6.45, 7) is 6.70. The lowest BCUT2D eigenvalue weighted by Crippen LogP contribution is -2.29. The van der Waals surface area contributed by atoms with E-state index in [2.05, 4.69) is 45.0 Å². The van der Waals surface area contributed by atoms with E-state index in [1.165, 1.54) is 15.3 Å². The molecule has 0 fully saturated rings. The number of para-hydroxylation sites is 1. The van der Waals surface area contributed by atoms with Crippen molar-refractivity contribution in [2.45, 2.75) is 44.8 Å². The van der Waals surface area contributed by atoms with Crippen LogP contribution in [0.5, 0.6) is 5.75 Å². The topological polar surface area (TPSA) is 35.2 Å². The van der Waals surface area contributed by atoms with Crippen molar-refractivity contribution >= 4 is 11.3 Å². The zero-order valence-corrected chi connectivity index (χ0v) is 13.0. The van der Waals surface area contributed by atoms with E-state index in [4.69, 9.17) is 10.5 Å². The summed E-state index contributed by atoms with van der Waals surface area (Å²) < 4.78 is 6.00. The summed E-state index contributed by atoms with van der Waals surface area (Å²) in [5.74, 6) is 0.987. The van der Waals surface area contributed by atoms with Crippen LogP contribution in [-0.4, -0.2) is 6.10 Å². The molecule has 0 radical (unpaired) electrons. The quantitative estimate of drug-likeness (QED) is 0.904. The van der Waals surface area contributed by atoms with Crippen LogP contribution in [-0.2, 0) is 11.8 Å². The van der Waals surface area contributed by atoms with Gasteiger partial charge < -0.3 is 10.5 Å². The molecule has 3 rings (SSSR count). The van der Waals surface area contributed by atoms with Crippen LogP contribution in [0.3, 0.4) is 0 Å². The van der Waals surface area contributed by atoms with Crippen molar-refractivity contribution in [1.82, 2.24) is 0 Å². The molecule has 0 spiro atoms. The summed E-state index contributed by atoms with van der Waals surface area (Å²) in [6.07, 6.45) is 0.957. The van der Waals surface area contributed by atoms with Crippen LogP contribution in [0.25, 0.3) is 0 Å². The maximum absolute atomic E-state index is 6.42. The average Bonchev–Trinajstić information content (AvgIpc) is 3.04. The second-order valence-electron chi connectivity index (χ2n) is 6.45. The predicted octanol–water partition coefficient (Wildman–Crippen LogP) is 4.05. The predicted molar refractivity (Wildman–Crippen MR) is 84.5 cm³/mol. The van der Waals surface area contributed by atoms with Crippen molar-refractivity contribution in [2.24, 2.45) is 5.73 Å². The number of nitrogens with two attached hydrogens (primary N) is 1. The summed E-state index contributed by atoms with van der Waals surface area (Å²) in [6, 6.07) is 12.5. The van der Waals surface area contributed by atoms with Crippen molar-refractivity contribution in [3.63, 3.8) is 0 Å². The Morgan fingerprint density at radius 2 is 1.95 bits per heavy atom. The molecule has 0 bridgehead atoms. The number of hydrogen-bond acceptors (Lipinski definition) is 3. The molecule has 2 unspecified atom stereocenters. The van der Waals surface area contributed by atoms with Gasteiger partial charge in [0.1, 0.15) is 11.9 Å². The summed E-state index contributed by atoms with van der Waals surface area (Å²) in [7, 11) is 0. The van der Waals surface area contributed by atoms with Crippen molar-refractivity contribution < 1.29 is 4.74 Å². The second-order valence-corrected chi connectivity index (χ2v) is 7.56. The first kappa shape index (κ1) is 13.7. The van der Waals surface area contributed by atoms with Crippen LogP contribution in [0.15, 0.2) is 36.4 Å². The highest BCUT2D eigenvalue weighted by atomic mass is 32.1. The minimum Gasteiger partial charge on any atom is -0.488 e. The number of thiophene rings is 1. The van der Waals surface area contributed by atoms with Crippen LogP contribution in [0.2, 0.25) is 0 Å². The fraction of sp³-hybridized carbons (Fsp3) is 0.412. The van der Waals surface area contributed by atoms with E-state index < -0.39 is 0 Å². The molecule has 2 N–H and O–H groups in total. The molecule has 0 aliphatic carbocycles. The molecule has 106 valence electrons. The van der Waals surface area contributed by atoms with E-state index in [1.54, 1.807) is 0 Å². The third-order valence-corrected chi connectivity index (χ3v) is 5.38. The Labute approximate surface area is 124 Å². The first-order valence-corrected chi connectivity index (χ1v) is 7.87. The third kappa shape index (κ3) is 2.48. The van der Waals surface area contributed by atoms with E-state index >= 15 is 0 Å². The van der Waals surface area contributed by atoms with Crippen molar-refractivity contribution in [3.8, 4) is 5.75 Å². The lowest BCUT2D eigenvalue weighted by Gasteiger charge is -2.19. The molecular formula is C17H21NOS. The van der Waals surface area contributed by atoms with Gasteiger partial charge in [0.15, 0.2) is 0 Å². The first-order valence-electron chi connectivity index (χ1n) is 7.05. The van der Waals surface area contributed by atoms with Gasteiger partial charge in [-0.3, -0.25) is 0 Å². The van der Waals surface area contributed by atoms with E-state index in [1.807, 2.05) is 23.5 Å². The number of hydrogen-bond donors (Lipinski definition) is 1. The first-order chi connectivity index (χ1) is 9.45. The fourth-order valence-electron chi connectivity index (χ4n) is 2.53. The van der Waals surface area contributed by atoms with Crippen molar-refractivity contribution in [1.29, 1.82) is 0 Å². The van der Waals surface area contributed by atoms with Crippen LogP contribution in [0.4, 0.5) is 0 Å².